The first-order valence-corrected chi connectivity index (χ1v) is 22.1. The zero-order valence-corrected chi connectivity index (χ0v) is 33.1. The molecule has 0 saturated heterocycles. The van der Waals surface area contributed by atoms with Crippen molar-refractivity contribution in [2.24, 2.45) is 0 Å². The fourth-order valence-electron chi connectivity index (χ4n) is 12.2. The summed E-state index contributed by atoms with van der Waals surface area (Å²) in [6.45, 7) is 0. The van der Waals surface area contributed by atoms with Gasteiger partial charge in [0.25, 0.3) is 0 Å². The lowest BCUT2D eigenvalue weighted by Crippen LogP contribution is -2.04. The van der Waals surface area contributed by atoms with E-state index in [1.165, 1.54) is 182 Å². The van der Waals surface area contributed by atoms with E-state index in [4.69, 9.17) is 0 Å². The molecule has 0 amide bonds. The highest BCUT2D eigenvalue weighted by molar-refractivity contribution is 6.06. The third kappa shape index (κ3) is 4.81. The molecule has 0 N–H and O–H groups in total. The van der Waals surface area contributed by atoms with Gasteiger partial charge in [-0.2, -0.15) is 0 Å². The molecule has 2 saturated carbocycles. The smallest absolute Gasteiger partial charge is 0.00136 e. The van der Waals surface area contributed by atoms with Gasteiger partial charge < -0.3 is 0 Å². The Balaban J connectivity index is 1.18. The van der Waals surface area contributed by atoms with Crippen molar-refractivity contribution in [2.75, 3.05) is 0 Å². The van der Waals surface area contributed by atoms with E-state index in [1.807, 2.05) is 0 Å². The molecule has 4 aliphatic carbocycles. The Labute approximate surface area is 338 Å². The van der Waals surface area contributed by atoms with Gasteiger partial charge in [0.05, 0.1) is 0 Å². The Bertz CT molecular complexity index is 3640. The molecule has 58 heavy (non-hydrogen) atoms. The highest BCUT2D eigenvalue weighted by Crippen LogP contribution is 2.43. The molecule has 0 nitrogen and oxygen atoms in total. The third-order valence-electron chi connectivity index (χ3n) is 14.8. The molecule has 0 unspecified atom stereocenters. The molecule has 0 aliphatic heterocycles. The fourth-order valence-corrected chi connectivity index (χ4v) is 12.2. The van der Waals surface area contributed by atoms with Gasteiger partial charge in [-0.05, 0) is 180 Å². The van der Waals surface area contributed by atoms with E-state index in [0.717, 1.165) is 0 Å². The summed E-state index contributed by atoms with van der Waals surface area (Å²) in [6.07, 6.45) is 13.4. The molecule has 9 aromatic rings. The fraction of sp³-hybridized carbons (Fsp3) is 0.207. The molecule has 0 aromatic heterocycles. The Hall–Kier alpha value is -5.98. The van der Waals surface area contributed by atoms with E-state index < -0.39 is 0 Å². The number of fused-ring (bicyclic) bond motifs is 5. The molecule has 4 aliphatic rings. The Morgan fingerprint density at radius 2 is 0.793 bits per heavy atom. The lowest BCUT2D eigenvalue weighted by atomic mass is 9.82. The predicted octanol–water partition coefficient (Wildman–Crippen LogP) is 15.5. The maximum absolute atomic E-state index is 2.56. The molecule has 9 aromatic carbocycles. The average molecular weight is 743 g/mol. The van der Waals surface area contributed by atoms with Crippen molar-refractivity contribution in [3.8, 4) is 22.3 Å². The van der Waals surface area contributed by atoms with Crippen LogP contribution in [0.25, 0.3) is 65.3 Å². The molecule has 0 spiro atoms. The molecule has 278 valence electrons. The monoisotopic (exact) mass is 742 g/mol. The van der Waals surface area contributed by atoms with Gasteiger partial charge in [0.1, 0.15) is 0 Å². The van der Waals surface area contributed by atoms with Gasteiger partial charge in [-0.15, -0.1) is 0 Å². The van der Waals surface area contributed by atoms with Crippen LogP contribution in [-0.4, -0.2) is 0 Å². The van der Waals surface area contributed by atoms with Crippen molar-refractivity contribution in [1.82, 2.24) is 0 Å². The lowest BCUT2D eigenvalue weighted by molar-refractivity contribution is 0.444. The summed E-state index contributed by atoms with van der Waals surface area (Å²) in [4.78, 5) is 0. The zero-order valence-electron chi connectivity index (χ0n) is 33.1. The van der Waals surface area contributed by atoms with Crippen LogP contribution in [0.4, 0.5) is 0 Å². The van der Waals surface area contributed by atoms with Crippen LogP contribution in [0.1, 0.15) is 87.2 Å². The largest absolute Gasteiger partial charge is 0.0616 e. The molecule has 0 heterocycles. The third-order valence-corrected chi connectivity index (χ3v) is 14.8. The summed E-state index contributed by atoms with van der Waals surface area (Å²) in [6, 6.07) is 57.2. The van der Waals surface area contributed by atoms with Gasteiger partial charge in [-0.3, -0.25) is 0 Å². The number of hydrogen-bond donors (Lipinski definition) is 0. The number of benzene rings is 9. The molecule has 2 fully saturated rings. The average Bonchev–Trinajstić information content (AvgIpc) is 3.78. The van der Waals surface area contributed by atoms with Crippen LogP contribution < -0.4 is 0 Å². The minimum atomic E-state index is 0.656. The molecular weight excluding hydrogens is 697 g/mol. The first-order chi connectivity index (χ1) is 28.8. The van der Waals surface area contributed by atoms with Crippen molar-refractivity contribution in [3.63, 3.8) is 0 Å². The van der Waals surface area contributed by atoms with Gasteiger partial charge in [0.2, 0.25) is 0 Å². The second-order valence-electron chi connectivity index (χ2n) is 18.0. The zero-order chi connectivity index (χ0) is 37.9. The van der Waals surface area contributed by atoms with Gasteiger partial charge in [0.15, 0.2) is 0 Å². The molecule has 13 rings (SSSR count). The summed E-state index contributed by atoms with van der Waals surface area (Å²) < 4.78 is 0. The lowest BCUT2D eigenvalue weighted by Gasteiger charge is -2.22. The minimum Gasteiger partial charge on any atom is -0.0616 e. The van der Waals surface area contributed by atoms with Crippen molar-refractivity contribution in [2.45, 2.75) is 76.0 Å². The van der Waals surface area contributed by atoms with Crippen LogP contribution in [0, 0.1) is 41.7 Å². The summed E-state index contributed by atoms with van der Waals surface area (Å²) in [7, 11) is 0. The highest BCUT2D eigenvalue weighted by Gasteiger charge is 2.22. The summed E-state index contributed by atoms with van der Waals surface area (Å²) in [5.41, 5.74) is 8.54. The van der Waals surface area contributed by atoms with Gasteiger partial charge in [0, 0.05) is 0 Å². The van der Waals surface area contributed by atoms with E-state index in [-0.39, 0.29) is 0 Å². The Morgan fingerprint density at radius 1 is 0.310 bits per heavy atom. The van der Waals surface area contributed by atoms with E-state index in [1.54, 1.807) is 0 Å². The Morgan fingerprint density at radius 3 is 1.38 bits per heavy atom. The van der Waals surface area contributed by atoms with Crippen molar-refractivity contribution < 1.29 is 0 Å². The van der Waals surface area contributed by atoms with E-state index >= 15 is 0 Å². The van der Waals surface area contributed by atoms with Crippen LogP contribution in [0.2, 0.25) is 0 Å². The van der Waals surface area contributed by atoms with Crippen LogP contribution in [0.5, 0.6) is 0 Å². The second-order valence-corrected chi connectivity index (χ2v) is 18.0. The molecule has 0 bridgehead atoms. The van der Waals surface area contributed by atoms with Gasteiger partial charge in [-0.25, -0.2) is 0 Å². The van der Waals surface area contributed by atoms with Crippen molar-refractivity contribution in [3.05, 3.63) is 198 Å². The molecule has 0 atom stereocenters. The quantitative estimate of drug-likeness (QED) is 0.158. The summed E-state index contributed by atoms with van der Waals surface area (Å²) in [5.74, 6) is 1.32. The van der Waals surface area contributed by atoms with Crippen molar-refractivity contribution in [1.29, 1.82) is 0 Å². The molecule has 0 radical (unpaired) electrons. The normalized spacial score (nSPS) is 16.1. The topological polar surface area (TPSA) is 0 Å². The predicted molar refractivity (Wildman–Crippen MR) is 243 cm³/mol. The van der Waals surface area contributed by atoms with Crippen LogP contribution in [0.15, 0.2) is 146 Å². The Kier molecular flexibility index (Phi) is 7.27. The maximum atomic E-state index is 2.56. The first-order valence-electron chi connectivity index (χ1n) is 22.1. The standard InChI is InChI=1S/C58H46/c1-3-13-35(14-4-1)37-20-11-22-42(29-37)53-45-24-10-9-19-41(45)33-51-46-25-28-49-56-47(26-27-48(55(46)56)57(51)53)52-34-44-31-39-17-7-8-18-40(39)32-50(44)54(58(49)52)43-23-12-21-38(30-43)36-15-5-2-6-16-36/h7-12,17-36H,1-6,13-16H2. The number of rotatable bonds is 4. The van der Waals surface area contributed by atoms with Crippen LogP contribution >= 0.6 is 0 Å². The van der Waals surface area contributed by atoms with Gasteiger partial charge in [-0.1, -0.05) is 160 Å². The first kappa shape index (κ1) is 33.0. The molecular formula is C58H46. The second kappa shape index (κ2) is 12.8. The maximum Gasteiger partial charge on any atom is -0.00136 e. The summed E-state index contributed by atoms with van der Waals surface area (Å²) >= 11 is 0. The van der Waals surface area contributed by atoms with Crippen LogP contribution in [0.3, 0.4) is 0 Å². The van der Waals surface area contributed by atoms with E-state index in [2.05, 4.69) is 146 Å². The highest BCUT2D eigenvalue weighted by atomic mass is 14.3. The molecule has 0 heteroatoms. The number of hydrogen-bond acceptors (Lipinski definition) is 0. The van der Waals surface area contributed by atoms with Gasteiger partial charge >= 0.3 is 0 Å². The van der Waals surface area contributed by atoms with E-state index in [9.17, 15) is 0 Å². The SMILES string of the molecule is c1cc(-c2c3c(cc4ccccc24)=c2ccc4c5c(ccc=3c25)=c2cc3cc5ccccc5cc3c(-c3cccc(C5CCCCC5)c3)c2=4)cc(C2CCCCC2)c1. The summed E-state index contributed by atoms with van der Waals surface area (Å²) in [5, 5.41) is 21.9. The minimum absolute atomic E-state index is 0.656. The van der Waals surface area contributed by atoms with Crippen LogP contribution in [-0.2, 0) is 0 Å². The van der Waals surface area contributed by atoms with E-state index in [0.29, 0.717) is 11.8 Å². The van der Waals surface area contributed by atoms with Crippen molar-refractivity contribution >= 4 is 43.1 Å².